The first-order valence-corrected chi connectivity index (χ1v) is 7.90. The first-order valence-electron chi connectivity index (χ1n) is 7.90. The molecule has 1 aliphatic heterocycles. The third kappa shape index (κ3) is 3.47. The molecule has 0 spiro atoms. The summed E-state index contributed by atoms with van der Waals surface area (Å²) in [4.78, 5) is 15.7. The molecule has 1 N–H and O–H groups in total. The third-order valence-electron chi connectivity index (χ3n) is 4.01. The number of nitrogens with one attached hydrogen (secondary N) is 1. The van der Waals surface area contributed by atoms with E-state index in [9.17, 15) is 0 Å². The minimum atomic E-state index is 0.713. The van der Waals surface area contributed by atoms with Gasteiger partial charge in [0.1, 0.15) is 11.3 Å². The smallest absolute Gasteiger partial charge is 0.180 e. The second kappa shape index (κ2) is 6.80. The van der Waals surface area contributed by atoms with Gasteiger partial charge in [0.15, 0.2) is 5.65 Å². The summed E-state index contributed by atoms with van der Waals surface area (Å²) < 4.78 is 0. The molecular formula is C16H23N5. The molecule has 21 heavy (non-hydrogen) atoms. The highest BCUT2D eigenvalue weighted by Crippen LogP contribution is 2.19. The van der Waals surface area contributed by atoms with Gasteiger partial charge < -0.3 is 10.2 Å². The van der Waals surface area contributed by atoms with E-state index in [1.165, 1.54) is 12.8 Å². The Balaban J connectivity index is 1.80. The van der Waals surface area contributed by atoms with E-state index < -0.39 is 0 Å². The van der Waals surface area contributed by atoms with Gasteiger partial charge in [-0.15, -0.1) is 0 Å². The maximum atomic E-state index is 4.69. The molecule has 1 saturated heterocycles. The summed E-state index contributed by atoms with van der Waals surface area (Å²) in [5.41, 5.74) is 1.59. The Morgan fingerprint density at radius 2 is 2.19 bits per heavy atom. The van der Waals surface area contributed by atoms with Gasteiger partial charge in [-0.3, -0.25) is 4.98 Å². The maximum Gasteiger partial charge on any atom is 0.180 e. The molecule has 3 heterocycles. The van der Waals surface area contributed by atoms with Crippen LogP contribution in [-0.4, -0.2) is 41.1 Å². The number of fused-ring (bicyclic) bond motifs is 1. The number of aromatic nitrogens is 3. The van der Waals surface area contributed by atoms with Gasteiger partial charge in [-0.2, -0.15) is 0 Å². The lowest BCUT2D eigenvalue weighted by atomic mass is 9.99. The van der Waals surface area contributed by atoms with Crippen molar-refractivity contribution in [2.75, 3.05) is 31.1 Å². The van der Waals surface area contributed by atoms with Crippen LogP contribution in [0.3, 0.4) is 0 Å². The number of hydrogen-bond donors (Lipinski definition) is 1. The van der Waals surface area contributed by atoms with Crippen molar-refractivity contribution in [2.45, 2.75) is 26.2 Å². The van der Waals surface area contributed by atoms with Gasteiger partial charge in [-0.1, -0.05) is 6.92 Å². The predicted octanol–water partition coefficient (Wildman–Crippen LogP) is 2.24. The first kappa shape index (κ1) is 14.2. The molecule has 2 aromatic rings. The highest BCUT2D eigenvalue weighted by molar-refractivity contribution is 5.71. The molecule has 1 fully saturated rings. The summed E-state index contributed by atoms with van der Waals surface area (Å²) in [6.07, 6.45) is 7.12. The van der Waals surface area contributed by atoms with Crippen molar-refractivity contribution in [3.63, 3.8) is 0 Å². The minimum Gasteiger partial charge on any atom is -0.356 e. The number of rotatable bonds is 5. The second-order valence-electron chi connectivity index (χ2n) is 5.73. The van der Waals surface area contributed by atoms with E-state index in [1.807, 2.05) is 6.07 Å². The molecule has 0 aromatic carbocycles. The molecule has 3 rings (SSSR count). The molecule has 1 atom stereocenters. The highest BCUT2D eigenvalue weighted by Gasteiger charge is 2.18. The standard InChI is InChI=1S/C16H23N5/c1-2-10-21(12-13-4-3-7-17-11-13)15-6-5-14-16(20-15)19-9-8-18-14/h5-6,8-9,13,17H,2-4,7,10-12H2,1H3. The molecule has 0 amide bonds. The average molecular weight is 285 g/mol. The largest absolute Gasteiger partial charge is 0.356 e. The Morgan fingerprint density at radius 3 is 3.00 bits per heavy atom. The van der Waals surface area contributed by atoms with Crippen LogP contribution in [0.2, 0.25) is 0 Å². The Bertz CT molecular complexity index is 580. The predicted molar refractivity (Wildman–Crippen MR) is 85.4 cm³/mol. The topological polar surface area (TPSA) is 53.9 Å². The fraction of sp³-hybridized carbons (Fsp3) is 0.562. The van der Waals surface area contributed by atoms with Crippen LogP contribution in [0.5, 0.6) is 0 Å². The molecule has 0 bridgehead atoms. The Hall–Kier alpha value is -1.75. The van der Waals surface area contributed by atoms with Crippen LogP contribution in [-0.2, 0) is 0 Å². The van der Waals surface area contributed by atoms with E-state index in [1.54, 1.807) is 12.4 Å². The average Bonchev–Trinajstić information content (AvgIpc) is 2.55. The Labute approximate surface area is 125 Å². The molecule has 112 valence electrons. The van der Waals surface area contributed by atoms with E-state index in [4.69, 9.17) is 4.98 Å². The lowest BCUT2D eigenvalue weighted by molar-refractivity contribution is 0.376. The normalized spacial score (nSPS) is 18.8. The van der Waals surface area contributed by atoms with Crippen LogP contribution < -0.4 is 10.2 Å². The van der Waals surface area contributed by atoms with Gasteiger partial charge in [0.2, 0.25) is 0 Å². The van der Waals surface area contributed by atoms with Crippen molar-refractivity contribution >= 4 is 17.0 Å². The Morgan fingerprint density at radius 1 is 1.29 bits per heavy atom. The summed E-state index contributed by atoms with van der Waals surface area (Å²) in [7, 11) is 0. The van der Waals surface area contributed by atoms with Crippen LogP contribution in [0.4, 0.5) is 5.82 Å². The van der Waals surface area contributed by atoms with Crippen molar-refractivity contribution in [2.24, 2.45) is 5.92 Å². The fourth-order valence-electron chi connectivity index (χ4n) is 2.98. The number of piperidine rings is 1. The second-order valence-corrected chi connectivity index (χ2v) is 5.73. The van der Waals surface area contributed by atoms with Crippen LogP contribution in [0.25, 0.3) is 11.2 Å². The van der Waals surface area contributed by atoms with Gasteiger partial charge >= 0.3 is 0 Å². The molecule has 2 aromatic heterocycles. The first-order chi connectivity index (χ1) is 10.4. The van der Waals surface area contributed by atoms with E-state index in [2.05, 4.69) is 33.2 Å². The van der Waals surface area contributed by atoms with Gasteiger partial charge in [0.25, 0.3) is 0 Å². The van der Waals surface area contributed by atoms with E-state index >= 15 is 0 Å². The highest BCUT2D eigenvalue weighted by atomic mass is 15.2. The van der Waals surface area contributed by atoms with Crippen molar-refractivity contribution < 1.29 is 0 Å². The maximum absolute atomic E-state index is 4.69. The lowest BCUT2D eigenvalue weighted by Gasteiger charge is -2.30. The van der Waals surface area contributed by atoms with E-state index in [-0.39, 0.29) is 0 Å². The minimum absolute atomic E-state index is 0.713. The molecule has 0 saturated carbocycles. The van der Waals surface area contributed by atoms with Crippen LogP contribution in [0, 0.1) is 5.92 Å². The number of nitrogens with zero attached hydrogens (tertiary/aromatic N) is 4. The SMILES string of the molecule is CCCN(CC1CCCNC1)c1ccc2nccnc2n1. The van der Waals surface area contributed by atoms with Crippen molar-refractivity contribution in [1.82, 2.24) is 20.3 Å². The van der Waals surface area contributed by atoms with Crippen LogP contribution >= 0.6 is 0 Å². The molecule has 5 heteroatoms. The van der Waals surface area contributed by atoms with Gasteiger partial charge in [0, 0.05) is 25.5 Å². The van der Waals surface area contributed by atoms with Gasteiger partial charge in [-0.05, 0) is 50.4 Å². The number of anilines is 1. The molecular weight excluding hydrogens is 262 g/mol. The van der Waals surface area contributed by atoms with Crippen molar-refractivity contribution in [3.05, 3.63) is 24.5 Å². The summed E-state index contributed by atoms with van der Waals surface area (Å²) >= 11 is 0. The summed E-state index contributed by atoms with van der Waals surface area (Å²) in [5, 5.41) is 3.49. The molecule has 0 aliphatic carbocycles. The molecule has 1 aliphatic rings. The van der Waals surface area contributed by atoms with Gasteiger partial charge in [-0.25, -0.2) is 9.97 Å². The third-order valence-corrected chi connectivity index (χ3v) is 4.01. The summed E-state index contributed by atoms with van der Waals surface area (Å²) in [6, 6.07) is 4.09. The lowest BCUT2D eigenvalue weighted by Crippen LogP contribution is -2.39. The zero-order valence-electron chi connectivity index (χ0n) is 12.6. The number of pyridine rings is 1. The van der Waals surface area contributed by atoms with Crippen LogP contribution in [0.15, 0.2) is 24.5 Å². The van der Waals surface area contributed by atoms with Crippen molar-refractivity contribution in [1.29, 1.82) is 0 Å². The summed E-state index contributed by atoms with van der Waals surface area (Å²) in [6.45, 7) is 6.60. The Kier molecular flexibility index (Phi) is 4.60. The molecule has 5 nitrogen and oxygen atoms in total. The fourth-order valence-corrected chi connectivity index (χ4v) is 2.98. The molecule has 1 unspecified atom stereocenters. The van der Waals surface area contributed by atoms with Crippen LogP contribution in [0.1, 0.15) is 26.2 Å². The zero-order valence-corrected chi connectivity index (χ0v) is 12.6. The van der Waals surface area contributed by atoms with E-state index in [0.29, 0.717) is 5.92 Å². The monoisotopic (exact) mass is 285 g/mol. The number of hydrogen-bond acceptors (Lipinski definition) is 5. The molecule has 0 radical (unpaired) electrons. The van der Waals surface area contributed by atoms with Gasteiger partial charge in [0.05, 0.1) is 0 Å². The zero-order chi connectivity index (χ0) is 14.5. The summed E-state index contributed by atoms with van der Waals surface area (Å²) in [5.74, 6) is 1.74. The quantitative estimate of drug-likeness (QED) is 0.913. The van der Waals surface area contributed by atoms with E-state index in [0.717, 1.165) is 49.6 Å². The van der Waals surface area contributed by atoms with Crippen molar-refractivity contribution in [3.8, 4) is 0 Å².